The zero-order chi connectivity index (χ0) is 17.3. The van der Waals surface area contributed by atoms with Crippen LogP contribution in [0.25, 0.3) is 22.2 Å². The lowest BCUT2D eigenvalue weighted by molar-refractivity contribution is 0.0602. The fourth-order valence-electron chi connectivity index (χ4n) is 2.77. The van der Waals surface area contributed by atoms with Gasteiger partial charge in [-0.2, -0.15) is 0 Å². The number of fused-ring (bicyclic) bond motifs is 1. The monoisotopic (exact) mass is 385 g/mol. The number of nitrogens with zero attached hydrogens (tertiary/aromatic N) is 1. The quantitative estimate of drug-likeness (QED) is 0.609. The summed E-state index contributed by atoms with van der Waals surface area (Å²) in [5.41, 5.74) is 3.66. The van der Waals surface area contributed by atoms with Crippen molar-refractivity contribution in [1.82, 2.24) is 4.98 Å². The SMILES string of the molecule is COC(=O)c1c(C)c(-c2ccccc2)nc2c(Br)c(OC)ccc12. The molecule has 24 heavy (non-hydrogen) atoms. The van der Waals surface area contributed by atoms with Gasteiger partial charge in [0.2, 0.25) is 0 Å². The molecule has 0 unspecified atom stereocenters. The standard InChI is InChI=1S/C19H16BrNO3/c1-11-15(19(22)24-3)13-9-10-14(23-2)16(20)18(13)21-17(11)12-7-5-4-6-8-12/h4-10H,1-3H3. The molecule has 0 bridgehead atoms. The van der Waals surface area contributed by atoms with Crippen LogP contribution < -0.4 is 4.74 Å². The molecule has 0 radical (unpaired) electrons. The lowest BCUT2D eigenvalue weighted by Crippen LogP contribution is -2.08. The molecule has 0 amide bonds. The Balaban J connectivity index is 2.44. The van der Waals surface area contributed by atoms with E-state index >= 15 is 0 Å². The highest BCUT2D eigenvalue weighted by molar-refractivity contribution is 9.10. The summed E-state index contributed by atoms with van der Waals surface area (Å²) in [4.78, 5) is 17.2. The molecule has 0 saturated carbocycles. The molecule has 3 rings (SSSR count). The molecule has 5 heteroatoms. The molecule has 0 fully saturated rings. The third-order valence-electron chi connectivity index (χ3n) is 3.96. The summed E-state index contributed by atoms with van der Waals surface area (Å²) < 4.78 is 11.1. The van der Waals surface area contributed by atoms with Gasteiger partial charge in [-0.15, -0.1) is 0 Å². The predicted molar refractivity (Wildman–Crippen MR) is 97.5 cm³/mol. The van der Waals surface area contributed by atoms with Crippen molar-refractivity contribution in [1.29, 1.82) is 0 Å². The molecule has 0 aliphatic heterocycles. The fraction of sp³-hybridized carbons (Fsp3) is 0.158. The predicted octanol–water partition coefficient (Wildman–Crippen LogP) is 4.77. The number of aromatic nitrogens is 1. The Labute approximate surface area is 148 Å². The first kappa shape index (κ1) is 16.5. The summed E-state index contributed by atoms with van der Waals surface area (Å²) in [6.45, 7) is 1.89. The maximum absolute atomic E-state index is 12.4. The van der Waals surface area contributed by atoms with Crippen LogP contribution in [0.3, 0.4) is 0 Å². The third kappa shape index (κ3) is 2.65. The van der Waals surface area contributed by atoms with E-state index in [0.717, 1.165) is 22.2 Å². The Morgan fingerprint density at radius 1 is 1.08 bits per heavy atom. The molecule has 4 nitrogen and oxygen atoms in total. The molecule has 0 N–H and O–H groups in total. The highest BCUT2D eigenvalue weighted by atomic mass is 79.9. The highest BCUT2D eigenvalue weighted by Crippen LogP contribution is 2.37. The Kier molecular flexibility index (Phi) is 4.53. The Morgan fingerprint density at radius 3 is 2.42 bits per heavy atom. The minimum atomic E-state index is -0.380. The van der Waals surface area contributed by atoms with Crippen molar-refractivity contribution in [3.63, 3.8) is 0 Å². The van der Waals surface area contributed by atoms with Crippen molar-refractivity contribution in [3.05, 3.63) is 58.1 Å². The van der Waals surface area contributed by atoms with E-state index in [4.69, 9.17) is 14.5 Å². The van der Waals surface area contributed by atoms with Crippen LogP contribution in [-0.2, 0) is 4.74 Å². The molecule has 122 valence electrons. The molecule has 0 aliphatic rings. The Morgan fingerprint density at radius 2 is 1.79 bits per heavy atom. The number of carbonyl (C=O) groups is 1. The number of pyridine rings is 1. The minimum Gasteiger partial charge on any atom is -0.495 e. The average molecular weight is 386 g/mol. The van der Waals surface area contributed by atoms with Crippen LogP contribution in [-0.4, -0.2) is 25.2 Å². The van der Waals surface area contributed by atoms with Gasteiger partial charge >= 0.3 is 5.97 Å². The summed E-state index contributed by atoms with van der Waals surface area (Å²) in [6.07, 6.45) is 0. The maximum Gasteiger partial charge on any atom is 0.338 e. The molecule has 0 atom stereocenters. The molecule has 0 spiro atoms. The molecule has 0 saturated heterocycles. The van der Waals surface area contributed by atoms with E-state index in [1.807, 2.05) is 49.4 Å². The van der Waals surface area contributed by atoms with E-state index in [0.29, 0.717) is 21.3 Å². The zero-order valence-electron chi connectivity index (χ0n) is 13.6. The smallest absolute Gasteiger partial charge is 0.338 e. The van der Waals surface area contributed by atoms with E-state index in [1.165, 1.54) is 7.11 Å². The topological polar surface area (TPSA) is 48.4 Å². The molecule has 3 aromatic rings. The second kappa shape index (κ2) is 6.61. The first-order valence-electron chi connectivity index (χ1n) is 7.39. The summed E-state index contributed by atoms with van der Waals surface area (Å²) in [7, 11) is 2.98. The highest BCUT2D eigenvalue weighted by Gasteiger charge is 2.21. The maximum atomic E-state index is 12.4. The molecular weight excluding hydrogens is 370 g/mol. The van der Waals surface area contributed by atoms with Gasteiger partial charge in [-0.05, 0) is 40.5 Å². The van der Waals surface area contributed by atoms with Crippen molar-refractivity contribution in [3.8, 4) is 17.0 Å². The van der Waals surface area contributed by atoms with Gasteiger partial charge in [0.05, 0.1) is 35.5 Å². The van der Waals surface area contributed by atoms with Gasteiger partial charge in [0.1, 0.15) is 5.75 Å². The number of hydrogen-bond acceptors (Lipinski definition) is 4. The van der Waals surface area contributed by atoms with Gasteiger partial charge in [-0.25, -0.2) is 9.78 Å². The van der Waals surface area contributed by atoms with Gasteiger partial charge in [-0.3, -0.25) is 0 Å². The lowest BCUT2D eigenvalue weighted by atomic mass is 9.97. The minimum absolute atomic E-state index is 0.380. The van der Waals surface area contributed by atoms with E-state index in [1.54, 1.807) is 7.11 Å². The molecular formula is C19H16BrNO3. The van der Waals surface area contributed by atoms with Gasteiger partial charge < -0.3 is 9.47 Å². The first-order valence-corrected chi connectivity index (χ1v) is 8.18. The van der Waals surface area contributed by atoms with Crippen LogP contribution in [0.15, 0.2) is 46.9 Å². The second-order valence-corrected chi connectivity index (χ2v) is 6.09. The number of rotatable bonds is 3. The largest absolute Gasteiger partial charge is 0.495 e. The van der Waals surface area contributed by atoms with Crippen molar-refractivity contribution < 1.29 is 14.3 Å². The van der Waals surface area contributed by atoms with Crippen molar-refractivity contribution in [2.24, 2.45) is 0 Å². The number of hydrogen-bond donors (Lipinski definition) is 0. The summed E-state index contributed by atoms with van der Waals surface area (Å²) in [6, 6.07) is 13.4. The van der Waals surface area contributed by atoms with Crippen LogP contribution >= 0.6 is 15.9 Å². The number of ether oxygens (including phenoxy) is 2. The first-order chi connectivity index (χ1) is 11.6. The van der Waals surface area contributed by atoms with E-state index in [2.05, 4.69) is 15.9 Å². The lowest BCUT2D eigenvalue weighted by Gasteiger charge is -2.15. The van der Waals surface area contributed by atoms with Gasteiger partial charge in [0, 0.05) is 10.9 Å². The molecule has 1 heterocycles. The van der Waals surface area contributed by atoms with Crippen LogP contribution in [0, 0.1) is 6.92 Å². The number of benzene rings is 2. The van der Waals surface area contributed by atoms with Crippen LogP contribution in [0.5, 0.6) is 5.75 Å². The Bertz CT molecular complexity index is 923. The molecule has 2 aromatic carbocycles. The van der Waals surface area contributed by atoms with E-state index in [-0.39, 0.29) is 5.97 Å². The normalized spacial score (nSPS) is 10.7. The molecule has 0 aliphatic carbocycles. The fourth-order valence-corrected chi connectivity index (χ4v) is 3.37. The van der Waals surface area contributed by atoms with Gasteiger partial charge in [-0.1, -0.05) is 30.3 Å². The summed E-state index contributed by atoms with van der Waals surface area (Å²) in [5.74, 6) is 0.280. The number of carbonyl (C=O) groups excluding carboxylic acids is 1. The van der Waals surface area contributed by atoms with Crippen molar-refractivity contribution >= 4 is 32.8 Å². The van der Waals surface area contributed by atoms with Crippen LogP contribution in [0.1, 0.15) is 15.9 Å². The summed E-state index contributed by atoms with van der Waals surface area (Å²) in [5, 5.41) is 0.728. The van der Waals surface area contributed by atoms with E-state index in [9.17, 15) is 4.79 Å². The third-order valence-corrected chi connectivity index (χ3v) is 4.73. The summed E-state index contributed by atoms with van der Waals surface area (Å²) >= 11 is 3.54. The number of esters is 1. The molecule has 1 aromatic heterocycles. The second-order valence-electron chi connectivity index (χ2n) is 5.30. The van der Waals surface area contributed by atoms with E-state index < -0.39 is 0 Å². The van der Waals surface area contributed by atoms with Crippen molar-refractivity contribution in [2.75, 3.05) is 14.2 Å². The average Bonchev–Trinajstić information content (AvgIpc) is 2.62. The van der Waals surface area contributed by atoms with Crippen LogP contribution in [0.2, 0.25) is 0 Å². The number of methoxy groups -OCH3 is 2. The van der Waals surface area contributed by atoms with Gasteiger partial charge in [0.25, 0.3) is 0 Å². The van der Waals surface area contributed by atoms with Crippen LogP contribution in [0.4, 0.5) is 0 Å². The van der Waals surface area contributed by atoms with Gasteiger partial charge in [0.15, 0.2) is 0 Å². The number of halogens is 1. The Hall–Kier alpha value is -2.40. The zero-order valence-corrected chi connectivity index (χ0v) is 15.2. The van der Waals surface area contributed by atoms with Crippen molar-refractivity contribution in [2.45, 2.75) is 6.92 Å².